The van der Waals surface area contributed by atoms with Crippen LogP contribution >= 0.6 is 7.92 Å². The number of unbranched alkanes of at least 4 members (excludes halogenated alkanes) is 4. The summed E-state index contributed by atoms with van der Waals surface area (Å²) in [5.41, 5.74) is 10.9. The van der Waals surface area contributed by atoms with Crippen LogP contribution in [0.5, 0.6) is 0 Å². The van der Waals surface area contributed by atoms with Crippen molar-refractivity contribution in [3.63, 3.8) is 0 Å². The van der Waals surface area contributed by atoms with E-state index in [2.05, 4.69) is 97.0 Å². The van der Waals surface area contributed by atoms with E-state index in [1.165, 1.54) is 93.7 Å². The Balaban J connectivity index is 2.35. The summed E-state index contributed by atoms with van der Waals surface area (Å²) in [6.45, 7) is 16.3. The molecule has 3 aromatic rings. The van der Waals surface area contributed by atoms with Crippen LogP contribution in [0.25, 0.3) is 0 Å². The van der Waals surface area contributed by atoms with Crippen LogP contribution in [-0.4, -0.2) is 0 Å². The van der Waals surface area contributed by atoms with Crippen molar-refractivity contribution < 1.29 is 0 Å². The first-order valence-corrected chi connectivity index (χ1v) is 16.9. The number of hydrogen-bond acceptors (Lipinski definition) is 0. The first-order valence-electron chi connectivity index (χ1n) is 15.6. The van der Waals surface area contributed by atoms with E-state index in [1.54, 1.807) is 38.2 Å². The highest BCUT2D eigenvalue weighted by atomic mass is 31.1. The van der Waals surface area contributed by atoms with Crippen molar-refractivity contribution in [1.29, 1.82) is 0 Å². The van der Waals surface area contributed by atoms with Gasteiger partial charge >= 0.3 is 0 Å². The molecule has 0 radical (unpaired) electrons. The third-order valence-electron chi connectivity index (χ3n) is 8.41. The minimum absolute atomic E-state index is 0.632. The van der Waals surface area contributed by atoms with Gasteiger partial charge in [0, 0.05) is 0 Å². The van der Waals surface area contributed by atoms with E-state index >= 15 is 0 Å². The average Bonchev–Trinajstić information content (AvgIpc) is 2.93. The molecular formula is C37H53P. The molecule has 0 unspecified atom stereocenters. The fraction of sp³-hybridized carbons (Fsp3) is 0.514. The first-order chi connectivity index (χ1) is 18.5. The Labute approximate surface area is 236 Å². The van der Waals surface area contributed by atoms with Gasteiger partial charge in [0.2, 0.25) is 0 Å². The van der Waals surface area contributed by atoms with Gasteiger partial charge in [0.05, 0.1) is 0 Å². The predicted molar refractivity (Wildman–Crippen MR) is 174 cm³/mol. The standard InChI is InChI=1S/C37H53P/c1-8-12-18-31-20-16-24-36(33(31)22-14-10-3)38(35-27-26-28(5)29(6)30(35)7)37-25-17-21-32(19-13-9-2)34(37)23-15-11-4/h16-17,20-21,24-27H,8-15,18-19,22-23H2,1-7H3. The molecule has 0 fully saturated rings. The lowest BCUT2D eigenvalue weighted by molar-refractivity contribution is 0.760. The van der Waals surface area contributed by atoms with Gasteiger partial charge in [-0.05, 0) is 135 Å². The molecule has 1 heteroatoms. The zero-order valence-electron chi connectivity index (χ0n) is 25.6. The van der Waals surface area contributed by atoms with Gasteiger partial charge in [-0.2, -0.15) is 0 Å². The zero-order valence-corrected chi connectivity index (χ0v) is 26.4. The predicted octanol–water partition coefficient (Wildman–Crippen LogP) is 9.74. The van der Waals surface area contributed by atoms with Gasteiger partial charge in [0.15, 0.2) is 0 Å². The molecule has 0 atom stereocenters. The largest absolute Gasteiger partial charge is 0.0654 e. The van der Waals surface area contributed by atoms with E-state index in [1.807, 2.05) is 0 Å². The van der Waals surface area contributed by atoms with Crippen LogP contribution in [0.3, 0.4) is 0 Å². The Morgan fingerprint density at radius 1 is 0.474 bits per heavy atom. The lowest BCUT2D eigenvalue weighted by Gasteiger charge is -2.29. The van der Waals surface area contributed by atoms with Crippen LogP contribution in [-0.2, 0) is 25.7 Å². The van der Waals surface area contributed by atoms with Crippen LogP contribution in [0.15, 0.2) is 48.5 Å². The highest BCUT2D eigenvalue weighted by Crippen LogP contribution is 2.40. The third kappa shape index (κ3) is 7.39. The Morgan fingerprint density at radius 2 is 0.921 bits per heavy atom. The van der Waals surface area contributed by atoms with Crippen LogP contribution in [0.4, 0.5) is 0 Å². The second-order valence-corrected chi connectivity index (χ2v) is 13.3. The smallest absolute Gasteiger partial charge is 0.0116 e. The summed E-state index contributed by atoms with van der Waals surface area (Å²) in [5, 5.41) is 4.82. The maximum Gasteiger partial charge on any atom is -0.0116 e. The summed E-state index contributed by atoms with van der Waals surface area (Å²) in [5.74, 6) is 0. The molecule has 0 saturated carbocycles. The molecule has 0 saturated heterocycles. The van der Waals surface area contributed by atoms with Crippen molar-refractivity contribution in [1.82, 2.24) is 0 Å². The molecule has 206 valence electrons. The monoisotopic (exact) mass is 528 g/mol. The molecule has 0 aliphatic carbocycles. The van der Waals surface area contributed by atoms with Crippen molar-refractivity contribution >= 4 is 23.8 Å². The molecule has 0 aliphatic heterocycles. The summed E-state index contributed by atoms with van der Waals surface area (Å²) < 4.78 is 0. The molecule has 0 nitrogen and oxygen atoms in total. The molecule has 38 heavy (non-hydrogen) atoms. The van der Waals surface area contributed by atoms with Crippen molar-refractivity contribution in [3.05, 3.63) is 87.5 Å². The van der Waals surface area contributed by atoms with Gasteiger partial charge in [0.25, 0.3) is 0 Å². The molecular weight excluding hydrogens is 475 g/mol. The second kappa shape index (κ2) is 15.6. The normalized spacial score (nSPS) is 11.5. The van der Waals surface area contributed by atoms with Crippen LogP contribution in [0.2, 0.25) is 0 Å². The van der Waals surface area contributed by atoms with Gasteiger partial charge in [-0.25, -0.2) is 0 Å². The summed E-state index contributed by atoms with van der Waals surface area (Å²) in [4.78, 5) is 0. The summed E-state index contributed by atoms with van der Waals surface area (Å²) in [6.07, 6.45) is 14.9. The average molecular weight is 529 g/mol. The minimum atomic E-state index is -0.632. The molecule has 0 aliphatic rings. The highest BCUT2D eigenvalue weighted by Gasteiger charge is 2.26. The lowest BCUT2D eigenvalue weighted by atomic mass is 9.97. The fourth-order valence-corrected chi connectivity index (χ4v) is 8.75. The second-order valence-electron chi connectivity index (χ2n) is 11.2. The maximum atomic E-state index is 2.50. The van der Waals surface area contributed by atoms with E-state index in [0.29, 0.717) is 0 Å². The molecule has 0 bridgehead atoms. The summed E-state index contributed by atoms with van der Waals surface area (Å²) >= 11 is 0. The lowest BCUT2D eigenvalue weighted by Crippen LogP contribution is -2.29. The summed E-state index contributed by atoms with van der Waals surface area (Å²) in [7, 11) is -0.632. The van der Waals surface area contributed by atoms with E-state index in [4.69, 9.17) is 0 Å². The van der Waals surface area contributed by atoms with Gasteiger partial charge in [-0.15, -0.1) is 0 Å². The Bertz CT molecular complexity index is 1090. The van der Waals surface area contributed by atoms with Gasteiger partial charge in [-0.3, -0.25) is 0 Å². The van der Waals surface area contributed by atoms with Gasteiger partial charge in [-0.1, -0.05) is 102 Å². The molecule has 0 aromatic heterocycles. The fourth-order valence-electron chi connectivity index (χ4n) is 5.72. The first kappa shape index (κ1) is 30.6. The molecule has 0 N–H and O–H groups in total. The molecule has 0 heterocycles. The number of aryl methyl sites for hydroxylation is 3. The van der Waals surface area contributed by atoms with Crippen LogP contribution < -0.4 is 15.9 Å². The van der Waals surface area contributed by atoms with Crippen LogP contribution in [0, 0.1) is 20.8 Å². The quantitative estimate of drug-likeness (QED) is 0.172. The Kier molecular flexibility index (Phi) is 12.6. The molecule has 3 rings (SSSR count). The Morgan fingerprint density at radius 3 is 1.37 bits per heavy atom. The topological polar surface area (TPSA) is 0 Å². The van der Waals surface area contributed by atoms with Crippen molar-refractivity contribution in [2.24, 2.45) is 0 Å². The maximum absolute atomic E-state index is 2.50. The number of hydrogen-bond donors (Lipinski definition) is 0. The van der Waals surface area contributed by atoms with E-state index < -0.39 is 7.92 Å². The van der Waals surface area contributed by atoms with E-state index in [0.717, 1.165) is 0 Å². The zero-order chi connectivity index (χ0) is 27.5. The van der Waals surface area contributed by atoms with Crippen LogP contribution in [0.1, 0.15) is 118 Å². The third-order valence-corrected chi connectivity index (χ3v) is 11.2. The molecule has 0 spiro atoms. The number of benzene rings is 3. The van der Waals surface area contributed by atoms with Gasteiger partial charge in [0.1, 0.15) is 0 Å². The van der Waals surface area contributed by atoms with Crippen molar-refractivity contribution in [2.45, 2.75) is 126 Å². The summed E-state index contributed by atoms with van der Waals surface area (Å²) in [6, 6.07) is 19.5. The highest BCUT2D eigenvalue weighted by molar-refractivity contribution is 7.80. The molecule has 3 aromatic carbocycles. The number of rotatable bonds is 15. The van der Waals surface area contributed by atoms with E-state index in [-0.39, 0.29) is 0 Å². The minimum Gasteiger partial charge on any atom is -0.0654 e. The molecule has 0 amide bonds. The van der Waals surface area contributed by atoms with E-state index in [9.17, 15) is 0 Å². The van der Waals surface area contributed by atoms with Crippen molar-refractivity contribution in [2.75, 3.05) is 0 Å². The van der Waals surface area contributed by atoms with Gasteiger partial charge < -0.3 is 0 Å². The SMILES string of the molecule is CCCCc1cccc(P(c2ccc(C)c(C)c2C)c2cccc(CCCC)c2CCCC)c1CCCC. The Hall–Kier alpha value is -1.91. The van der Waals surface area contributed by atoms with Crippen molar-refractivity contribution in [3.8, 4) is 0 Å².